The number of sulfone groups is 1. The van der Waals surface area contributed by atoms with Gasteiger partial charge >= 0.3 is 0 Å². The van der Waals surface area contributed by atoms with Gasteiger partial charge < -0.3 is 0 Å². The van der Waals surface area contributed by atoms with Crippen molar-refractivity contribution in [3.63, 3.8) is 0 Å². The SMILES string of the molecule is CS(=O)(=O)CCCc1cc[c]cc1. The van der Waals surface area contributed by atoms with Crippen molar-refractivity contribution >= 4 is 9.84 Å². The molecule has 0 spiro atoms. The van der Waals surface area contributed by atoms with Crippen molar-refractivity contribution < 1.29 is 8.42 Å². The molecule has 3 heteroatoms. The maximum atomic E-state index is 10.8. The van der Waals surface area contributed by atoms with Gasteiger partial charge in [0.05, 0.1) is 5.75 Å². The van der Waals surface area contributed by atoms with Crippen LogP contribution in [0.3, 0.4) is 0 Å². The summed E-state index contributed by atoms with van der Waals surface area (Å²) in [4.78, 5) is 0. The zero-order chi connectivity index (χ0) is 9.73. The summed E-state index contributed by atoms with van der Waals surface area (Å²) >= 11 is 0. The lowest BCUT2D eigenvalue weighted by Gasteiger charge is -1.99. The van der Waals surface area contributed by atoms with Gasteiger partial charge in [-0.25, -0.2) is 8.42 Å². The first-order valence-electron chi connectivity index (χ1n) is 4.21. The van der Waals surface area contributed by atoms with E-state index in [0.29, 0.717) is 6.42 Å². The molecule has 0 aliphatic rings. The molecule has 0 N–H and O–H groups in total. The Balaban J connectivity index is 2.37. The van der Waals surface area contributed by atoms with Crippen molar-refractivity contribution in [2.75, 3.05) is 12.0 Å². The van der Waals surface area contributed by atoms with E-state index in [1.54, 1.807) is 0 Å². The molecule has 0 aromatic heterocycles. The molecule has 1 radical (unpaired) electrons. The third kappa shape index (κ3) is 4.68. The molecule has 0 aliphatic carbocycles. The van der Waals surface area contributed by atoms with E-state index in [2.05, 4.69) is 6.07 Å². The zero-order valence-electron chi connectivity index (χ0n) is 7.66. The molecule has 2 nitrogen and oxygen atoms in total. The Morgan fingerprint density at radius 2 is 1.92 bits per heavy atom. The van der Waals surface area contributed by atoms with Crippen LogP contribution < -0.4 is 0 Å². The fraction of sp³-hybridized carbons (Fsp3) is 0.400. The number of rotatable bonds is 4. The predicted octanol–water partition coefficient (Wildman–Crippen LogP) is 1.46. The fourth-order valence-corrected chi connectivity index (χ4v) is 1.80. The highest BCUT2D eigenvalue weighted by atomic mass is 32.2. The molecule has 71 valence electrons. The van der Waals surface area contributed by atoms with Crippen LogP contribution in [0, 0.1) is 6.07 Å². The highest BCUT2D eigenvalue weighted by molar-refractivity contribution is 7.90. The summed E-state index contributed by atoms with van der Waals surface area (Å²) in [6.07, 6.45) is 2.79. The first-order valence-corrected chi connectivity index (χ1v) is 6.27. The highest BCUT2D eigenvalue weighted by Crippen LogP contribution is 2.02. The quantitative estimate of drug-likeness (QED) is 0.732. The maximum Gasteiger partial charge on any atom is 0.147 e. The predicted molar refractivity (Wildman–Crippen MR) is 53.3 cm³/mol. The lowest BCUT2D eigenvalue weighted by molar-refractivity contribution is 0.599. The first kappa shape index (κ1) is 10.3. The molecule has 0 atom stereocenters. The van der Waals surface area contributed by atoms with Crippen LogP contribution in [0.5, 0.6) is 0 Å². The van der Waals surface area contributed by atoms with Gasteiger partial charge in [-0.2, -0.15) is 0 Å². The van der Waals surface area contributed by atoms with Crippen molar-refractivity contribution in [1.29, 1.82) is 0 Å². The first-order chi connectivity index (χ1) is 6.08. The van der Waals surface area contributed by atoms with E-state index in [1.807, 2.05) is 24.3 Å². The minimum absolute atomic E-state index is 0.269. The average Bonchev–Trinajstić information content (AvgIpc) is 2.04. The molecular weight excluding hydrogens is 184 g/mol. The van der Waals surface area contributed by atoms with Crippen LogP contribution in [0.1, 0.15) is 12.0 Å². The van der Waals surface area contributed by atoms with Crippen LogP contribution in [-0.4, -0.2) is 20.4 Å². The Kier molecular flexibility index (Phi) is 3.48. The van der Waals surface area contributed by atoms with Gasteiger partial charge in [0.15, 0.2) is 0 Å². The lowest BCUT2D eigenvalue weighted by Crippen LogP contribution is -2.03. The van der Waals surface area contributed by atoms with Gasteiger partial charge in [0, 0.05) is 6.26 Å². The van der Waals surface area contributed by atoms with Gasteiger partial charge in [-0.3, -0.25) is 0 Å². The summed E-state index contributed by atoms with van der Waals surface area (Å²) in [5.74, 6) is 0.269. The molecule has 1 aromatic carbocycles. The van der Waals surface area contributed by atoms with E-state index in [0.717, 1.165) is 6.42 Å². The van der Waals surface area contributed by atoms with Crippen molar-refractivity contribution in [3.05, 3.63) is 35.9 Å². The van der Waals surface area contributed by atoms with Gasteiger partial charge in [-0.1, -0.05) is 24.3 Å². The Morgan fingerprint density at radius 1 is 1.31 bits per heavy atom. The third-order valence-electron chi connectivity index (χ3n) is 1.77. The standard InChI is InChI=1S/C10H13O2S/c1-13(11,12)9-5-8-10-6-3-2-4-7-10/h3-4,6-7H,5,8-9H2,1H3. The van der Waals surface area contributed by atoms with Gasteiger partial charge in [-0.15, -0.1) is 0 Å². The molecule has 1 aromatic rings. The average molecular weight is 197 g/mol. The van der Waals surface area contributed by atoms with Crippen LogP contribution in [0.4, 0.5) is 0 Å². The Bertz CT molecular complexity index is 340. The summed E-state index contributed by atoms with van der Waals surface area (Å²) in [6, 6.07) is 10.5. The van der Waals surface area contributed by atoms with Gasteiger partial charge in [-0.05, 0) is 24.5 Å². The summed E-state index contributed by atoms with van der Waals surface area (Å²) in [5.41, 5.74) is 1.17. The van der Waals surface area contributed by atoms with E-state index in [4.69, 9.17) is 0 Å². The molecule has 0 saturated heterocycles. The lowest BCUT2D eigenvalue weighted by atomic mass is 10.1. The number of hydrogen-bond donors (Lipinski definition) is 0. The van der Waals surface area contributed by atoms with Crippen LogP contribution in [-0.2, 0) is 16.3 Å². The molecule has 1 rings (SSSR count). The monoisotopic (exact) mass is 197 g/mol. The van der Waals surface area contributed by atoms with Crippen LogP contribution in [0.2, 0.25) is 0 Å². The van der Waals surface area contributed by atoms with Crippen LogP contribution in [0.15, 0.2) is 24.3 Å². The molecular formula is C10H13O2S. The molecule has 0 unspecified atom stereocenters. The van der Waals surface area contributed by atoms with Crippen molar-refractivity contribution in [1.82, 2.24) is 0 Å². The van der Waals surface area contributed by atoms with E-state index < -0.39 is 9.84 Å². The molecule has 0 heterocycles. The topological polar surface area (TPSA) is 34.1 Å². The molecule has 0 fully saturated rings. The van der Waals surface area contributed by atoms with E-state index in [9.17, 15) is 8.42 Å². The van der Waals surface area contributed by atoms with Crippen LogP contribution in [0.25, 0.3) is 0 Å². The van der Waals surface area contributed by atoms with Gasteiger partial charge in [0.25, 0.3) is 0 Å². The number of hydrogen-bond acceptors (Lipinski definition) is 2. The fourth-order valence-electron chi connectivity index (χ4n) is 1.13. The van der Waals surface area contributed by atoms with Crippen molar-refractivity contribution in [2.45, 2.75) is 12.8 Å². The second-order valence-electron chi connectivity index (χ2n) is 3.14. The largest absolute Gasteiger partial charge is 0.229 e. The molecule has 0 amide bonds. The molecule has 13 heavy (non-hydrogen) atoms. The smallest absolute Gasteiger partial charge is 0.147 e. The Labute approximate surface area is 79.5 Å². The van der Waals surface area contributed by atoms with Gasteiger partial charge in [0.1, 0.15) is 9.84 Å². The summed E-state index contributed by atoms with van der Waals surface area (Å²) in [5, 5.41) is 0. The van der Waals surface area contributed by atoms with Gasteiger partial charge in [0.2, 0.25) is 0 Å². The Morgan fingerprint density at radius 3 is 2.46 bits per heavy atom. The minimum Gasteiger partial charge on any atom is -0.229 e. The summed E-state index contributed by atoms with van der Waals surface area (Å²) in [7, 11) is -2.80. The summed E-state index contributed by atoms with van der Waals surface area (Å²) in [6.45, 7) is 0. The second kappa shape index (κ2) is 4.42. The zero-order valence-corrected chi connectivity index (χ0v) is 8.47. The highest BCUT2D eigenvalue weighted by Gasteiger charge is 2.01. The minimum atomic E-state index is -2.80. The number of aryl methyl sites for hydroxylation is 1. The molecule has 0 saturated carbocycles. The van der Waals surface area contributed by atoms with Crippen molar-refractivity contribution in [3.8, 4) is 0 Å². The van der Waals surface area contributed by atoms with Crippen LogP contribution >= 0.6 is 0 Å². The van der Waals surface area contributed by atoms with Crippen molar-refractivity contribution in [2.24, 2.45) is 0 Å². The second-order valence-corrected chi connectivity index (χ2v) is 5.40. The molecule has 0 bridgehead atoms. The third-order valence-corrected chi connectivity index (χ3v) is 2.80. The number of benzene rings is 1. The summed E-state index contributed by atoms with van der Waals surface area (Å²) < 4.78 is 21.6. The van der Waals surface area contributed by atoms with E-state index >= 15 is 0 Å². The maximum absolute atomic E-state index is 10.8. The Hall–Kier alpha value is -0.830. The van der Waals surface area contributed by atoms with E-state index in [-0.39, 0.29) is 5.75 Å². The molecule has 0 aliphatic heterocycles. The normalized spacial score (nSPS) is 11.5. The van der Waals surface area contributed by atoms with E-state index in [1.165, 1.54) is 11.8 Å².